The van der Waals surface area contributed by atoms with Crippen LogP contribution in [-0.2, 0) is 4.79 Å². The van der Waals surface area contributed by atoms with E-state index < -0.39 is 0 Å². The minimum Gasteiger partial charge on any atom is -0.358 e. The lowest BCUT2D eigenvalue weighted by Crippen LogP contribution is -2.50. The van der Waals surface area contributed by atoms with Gasteiger partial charge in [-0.05, 0) is 62.8 Å². The number of carbonyl (C=O) groups is 1. The van der Waals surface area contributed by atoms with E-state index >= 15 is 0 Å². The normalized spacial score (nSPS) is 23.7. The molecule has 0 unspecified atom stereocenters. The molecule has 1 aromatic carbocycles. The van der Waals surface area contributed by atoms with Gasteiger partial charge in [-0.1, -0.05) is 30.3 Å². The van der Waals surface area contributed by atoms with Crippen LogP contribution in [0.1, 0.15) is 56.9 Å². The summed E-state index contributed by atoms with van der Waals surface area (Å²) in [6, 6.07) is 11.4. The second-order valence-electron chi connectivity index (χ2n) is 8.72. The number of hydrogen-bond acceptors (Lipinski definition) is 3. The SMILES string of the molecule is CCNC(=NCC1CCC(c2ccccc2)CC1)NC1CCN(CC(=O)NC)CC1. The number of rotatable bonds is 7. The van der Waals surface area contributed by atoms with Crippen molar-refractivity contribution >= 4 is 11.9 Å². The smallest absolute Gasteiger partial charge is 0.233 e. The number of likely N-dealkylation sites (N-methyl/N-ethyl adjacent to an activating group) is 1. The fourth-order valence-corrected chi connectivity index (χ4v) is 4.65. The number of aliphatic imine (C=N–C) groups is 1. The predicted molar refractivity (Wildman–Crippen MR) is 124 cm³/mol. The fourth-order valence-electron chi connectivity index (χ4n) is 4.65. The molecule has 1 aromatic rings. The van der Waals surface area contributed by atoms with Crippen LogP contribution in [0.5, 0.6) is 0 Å². The van der Waals surface area contributed by atoms with Gasteiger partial charge in [-0.2, -0.15) is 0 Å². The Morgan fingerprint density at radius 1 is 1.07 bits per heavy atom. The van der Waals surface area contributed by atoms with Gasteiger partial charge < -0.3 is 16.0 Å². The summed E-state index contributed by atoms with van der Waals surface area (Å²) in [6.07, 6.45) is 7.17. The Morgan fingerprint density at radius 3 is 2.40 bits per heavy atom. The summed E-state index contributed by atoms with van der Waals surface area (Å²) in [5.41, 5.74) is 1.50. The second kappa shape index (κ2) is 11.9. The summed E-state index contributed by atoms with van der Waals surface area (Å²) in [5.74, 6) is 2.46. The van der Waals surface area contributed by atoms with E-state index in [2.05, 4.69) is 58.1 Å². The van der Waals surface area contributed by atoms with Gasteiger partial charge >= 0.3 is 0 Å². The van der Waals surface area contributed by atoms with Gasteiger partial charge in [-0.3, -0.25) is 14.7 Å². The molecule has 0 radical (unpaired) electrons. The van der Waals surface area contributed by atoms with Crippen molar-refractivity contribution in [3.63, 3.8) is 0 Å². The van der Waals surface area contributed by atoms with E-state index in [9.17, 15) is 4.79 Å². The third kappa shape index (κ3) is 7.01. The molecule has 166 valence electrons. The molecule has 1 aliphatic carbocycles. The second-order valence-corrected chi connectivity index (χ2v) is 8.72. The van der Waals surface area contributed by atoms with Crippen LogP contribution in [-0.4, -0.2) is 62.6 Å². The van der Waals surface area contributed by atoms with Crippen molar-refractivity contribution in [1.29, 1.82) is 0 Å². The lowest BCUT2D eigenvalue weighted by atomic mass is 9.79. The highest BCUT2D eigenvalue weighted by Crippen LogP contribution is 2.35. The van der Waals surface area contributed by atoms with Crippen LogP contribution in [0.3, 0.4) is 0 Å². The van der Waals surface area contributed by atoms with Crippen molar-refractivity contribution in [1.82, 2.24) is 20.9 Å². The Balaban J connectivity index is 1.42. The largest absolute Gasteiger partial charge is 0.358 e. The number of likely N-dealkylation sites (tertiary alicyclic amines) is 1. The van der Waals surface area contributed by atoms with Crippen LogP contribution in [0.2, 0.25) is 0 Å². The predicted octanol–water partition coefficient (Wildman–Crippen LogP) is 2.73. The van der Waals surface area contributed by atoms with E-state index in [0.717, 1.165) is 50.9 Å². The quantitative estimate of drug-likeness (QED) is 0.475. The number of carbonyl (C=O) groups excluding carboxylic acids is 1. The topological polar surface area (TPSA) is 68.8 Å². The zero-order chi connectivity index (χ0) is 21.2. The van der Waals surface area contributed by atoms with E-state index in [0.29, 0.717) is 18.5 Å². The summed E-state index contributed by atoms with van der Waals surface area (Å²) in [5, 5.41) is 9.76. The minimum absolute atomic E-state index is 0.0956. The van der Waals surface area contributed by atoms with E-state index in [1.165, 1.54) is 31.2 Å². The first kappa shape index (κ1) is 22.6. The van der Waals surface area contributed by atoms with Crippen molar-refractivity contribution in [2.75, 3.05) is 39.8 Å². The Labute approximate surface area is 181 Å². The molecule has 6 nitrogen and oxygen atoms in total. The molecule has 0 aromatic heterocycles. The van der Waals surface area contributed by atoms with Gasteiger partial charge in [0.05, 0.1) is 6.54 Å². The molecule has 1 amide bonds. The fraction of sp³-hybridized carbons (Fsp3) is 0.667. The van der Waals surface area contributed by atoms with Gasteiger partial charge in [0.2, 0.25) is 5.91 Å². The number of hydrogen-bond donors (Lipinski definition) is 3. The lowest BCUT2D eigenvalue weighted by Gasteiger charge is -2.32. The molecule has 6 heteroatoms. The summed E-state index contributed by atoms with van der Waals surface area (Å²) in [6.45, 7) is 6.31. The number of benzene rings is 1. The van der Waals surface area contributed by atoms with Crippen LogP contribution in [0.25, 0.3) is 0 Å². The molecule has 2 fully saturated rings. The van der Waals surface area contributed by atoms with E-state index in [4.69, 9.17) is 4.99 Å². The first-order valence-corrected chi connectivity index (χ1v) is 11.7. The maximum absolute atomic E-state index is 11.6. The molecule has 3 rings (SSSR count). The molecule has 1 aliphatic heterocycles. The van der Waals surface area contributed by atoms with Crippen molar-refractivity contribution in [2.24, 2.45) is 10.9 Å². The zero-order valence-electron chi connectivity index (χ0n) is 18.7. The van der Waals surface area contributed by atoms with Crippen LogP contribution >= 0.6 is 0 Å². The Morgan fingerprint density at radius 2 is 1.77 bits per heavy atom. The number of guanidine groups is 1. The first-order chi connectivity index (χ1) is 14.7. The monoisotopic (exact) mass is 413 g/mol. The molecule has 1 heterocycles. The Kier molecular flexibility index (Phi) is 9.00. The van der Waals surface area contributed by atoms with Gasteiger partial charge in [0, 0.05) is 39.3 Å². The maximum atomic E-state index is 11.6. The highest BCUT2D eigenvalue weighted by atomic mass is 16.1. The molecule has 0 bridgehead atoms. The van der Waals surface area contributed by atoms with E-state index in [1.54, 1.807) is 7.05 Å². The summed E-state index contributed by atoms with van der Waals surface area (Å²) in [4.78, 5) is 18.7. The molecule has 3 N–H and O–H groups in total. The van der Waals surface area contributed by atoms with Gasteiger partial charge in [0.25, 0.3) is 0 Å². The number of nitrogens with one attached hydrogen (secondary N) is 3. The molecule has 2 aliphatic rings. The minimum atomic E-state index is 0.0956. The number of amides is 1. The zero-order valence-corrected chi connectivity index (χ0v) is 18.7. The van der Waals surface area contributed by atoms with Crippen molar-refractivity contribution in [3.05, 3.63) is 35.9 Å². The third-order valence-electron chi connectivity index (χ3n) is 6.54. The van der Waals surface area contributed by atoms with Crippen molar-refractivity contribution < 1.29 is 4.79 Å². The van der Waals surface area contributed by atoms with Gasteiger partial charge in [-0.25, -0.2) is 0 Å². The molecule has 0 spiro atoms. The molecule has 30 heavy (non-hydrogen) atoms. The Hall–Kier alpha value is -2.08. The van der Waals surface area contributed by atoms with Gasteiger partial charge in [-0.15, -0.1) is 0 Å². The van der Waals surface area contributed by atoms with E-state index in [1.807, 2.05) is 0 Å². The average molecular weight is 414 g/mol. The number of nitrogens with zero attached hydrogens (tertiary/aromatic N) is 2. The lowest BCUT2D eigenvalue weighted by molar-refractivity contribution is -0.122. The average Bonchev–Trinajstić information content (AvgIpc) is 2.80. The van der Waals surface area contributed by atoms with Gasteiger partial charge in [0.1, 0.15) is 0 Å². The van der Waals surface area contributed by atoms with Crippen LogP contribution in [0.4, 0.5) is 0 Å². The molecular formula is C24H39N5O. The summed E-state index contributed by atoms with van der Waals surface area (Å²) in [7, 11) is 1.70. The molecular weight excluding hydrogens is 374 g/mol. The standard InChI is InChI=1S/C24H39N5O/c1-3-26-24(28-22-13-15-29(16-14-22)18-23(30)25-2)27-17-19-9-11-21(12-10-19)20-7-5-4-6-8-20/h4-8,19,21-22H,3,9-18H2,1-2H3,(H,25,30)(H2,26,27,28). The first-order valence-electron chi connectivity index (χ1n) is 11.7. The highest BCUT2D eigenvalue weighted by molar-refractivity contribution is 5.80. The van der Waals surface area contributed by atoms with Crippen LogP contribution in [0.15, 0.2) is 35.3 Å². The number of piperidine rings is 1. The maximum Gasteiger partial charge on any atom is 0.233 e. The van der Waals surface area contributed by atoms with E-state index in [-0.39, 0.29) is 5.91 Å². The summed E-state index contributed by atoms with van der Waals surface area (Å²) >= 11 is 0. The van der Waals surface area contributed by atoms with Crippen molar-refractivity contribution in [3.8, 4) is 0 Å². The Bertz CT molecular complexity index is 661. The molecule has 0 atom stereocenters. The van der Waals surface area contributed by atoms with Gasteiger partial charge in [0.15, 0.2) is 5.96 Å². The molecule has 1 saturated heterocycles. The van der Waals surface area contributed by atoms with Crippen LogP contribution < -0.4 is 16.0 Å². The van der Waals surface area contributed by atoms with Crippen molar-refractivity contribution in [2.45, 2.75) is 57.4 Å². The molecule has 1 saturated carbocycles. The van der Waals surface area contributed by atoms with Crippen LogP contribution in [0, 0.1) is 5.92 Å². The third-order valence-corrected chi connectivity index (χ3v) is 6.54. The highest BCUT2D eigenvalue weighted by Gasteiger charge is 2.23. The summed E-state index contributed by atoms with van der Waals surface area (Å²) < 4.78 is 0.